The average Bonchev–Trinajstić information content (AvgIpc) is 2.49. The van der Waals surface area contributed by atoms with E-state index in [0.717, 1.165) is 12.1 Å². The monoisotopic (exact) mass is 342 g/mol. The van der Waals surface area contributed by atoms with Crippen LogP contribution in [0.25, 0.3) is 6.08 Å². The van der Waals surface area contributed by atoms with Crippen LogP contribution in [0.5, 0.6) is 0 Å². The number of amides is 2. The van der Waals surface area contributed by atoms with E-state index in [0.29, 0.717) is 18.7 Å². The van der Waals surface area contributed by atoms with Gasteiger partial charge in [0.25, 0.3) is 0 Å². The number of methoxy groups -OCH3 is 1. The number of nitrogens with one attached hydrogen (secondary N) is 1. The summed E-state index contributed by atoms with van der Waals surface area (Å²) in [5, 5.41) is 2.43. The van der Waals surface area contributed by atoms with Crippen molar-refractivity contribution in [3.05, 3.63) is 41.5 Å². The first-order valence-electron chi connectivity index (χ1n) is 7.23. The van der Waals surface area contributed by atoms with Crippen LogP contribution >= 0.6 is 0 Å². The third-order valence-corrected chi connectivity index (χ3v) is 3.61. The molecule has 1 saturated heterocycles. The van der Waals surface area contributed by atoms with Crippen molar-refractivity contribution in [3.63, 3.8) is 0 Å². The number of benzene rings is 1. The Bertz CT molecular complexity index is 620. The molecule has 0 spiro atoms. The summed E-state index contributed by atoms with van der Waals surface area (Å²) in [4.78, 5) is 24.9. The van der Waals surface area contributed by atoms with Crippen molar-refractivity contribution in [1.29, 1.82) is 0 Å². The molecule has 1 fully saturated rings. The molecule has 8 heteroatoms. The van der Waals surface area contributed by atoms with Crippen LogP contribution in [0.2, 0.25) is 0 Å². The number of hydrogen-bond acceptors (Lipinski definition) is 3. The van der Waals surface area contributed by atoms with Gasteiger partial charge in [0.1, 0.15) is 0 Å². The first-order chi connectivity index (χ1) is 11.3. The van der Waals surface area contributed by atoms with Gasteiger partial charge in [0.05, 0.1) is 18.2 Å². The first kappa shape index (κ1) is 18.0. The van der Waals surface area contributed by atoms with Gasteiger partial charge in [-0.15, -0.1) is 0 Å². The highest BCUT2D eigenvalue weighted by Crippen LogP contribution is 2.29. The van der Waals surface area contributed by atoms with Gasteiger partial charge in [-0.3, -0.25) is 9.59 Å². The van der Waals surface area contributed by atoms with Gasteiger partial charge in [0.2, 0.25) is 11.8 Å². The van der Waals surface area contributed by atoms with E-state index in [2.05, 4.69) is 5.32 Å². The molecule has 1 heterocycles. The zero-order chi connectivity index (χ0) is 17.7. The van der Waals surface area contributed by atoms with E-state index in [-0.39, 0.29) is 18.6 Å². The largest absolute Gasteiger partial charge is 0.416 e. The van der Waals surface area contributed by atoms with Crippen LogP contribution in [0.1, 0.15) is 11.1 Å². The lowest BCUT2D eigenvalue weighted by atomic mass is 10.1. The predicted octanol–water partition coefficient (Wildman–Crippen LogP) is 1.69. The maximum Gasteiger partial charge on any atom is 0.416 e. The number of nitrogens with zero attached hydrogens (tertiary/aromatic N) is 1. The fourth-order valence-electron chi connectivity index (χ4n) is 2.08. The summed E-state index contributed by atoms with van der Waals surface area (Å²) in [6, 6.07) is 4.42. The minimum absolute atomic E-state index is 0.0456. The van der Waals surface area contributed by atoms with Crippen LogP contribution in [0.4, 0.5) is 13.2 Å². The van der Waals surface area contributed by atoms with Crippen molar-refractivity contribution in [2.75, 3.05) is 26.7 Å². The number of carbonyl (C=O) groups is 2. The van der Waals surface area contributed by atoms with Crippen LogP contribution < -0.4 is 5.32 Å². The second-order valence-electron chi connectivity index (χ2n) is 5.33. The zero-order valence-electron chi connectivity index (χ0n) is 13.0. The number of ether oxygens (including phenoxy) is 1. The summed E-state index contributed by atoms with van der Waals surface area (Å²) in [5.41, 5.74) is -0.297. The molecule has 0 aliphatic carbocycles. The van der Waals surface area contributed by atoms with Gasteiger partial charge in [-0.05, 0) is 23.8 Å². The molecular weight excluding hydrogens is 325 g/mol. The highest BCUT2D eigenvalue weighted by molar-refractivity contribution is 5.94. The maximum absolute atomic E-state index is 12.4. The summed E-state index contributed by atoms with van der Waals surface area (Å²) in [5.74, 6) is -0.702. The minimum Gasteiger partial charge on any atom is -0.378 e. The van der Waals surface area contributed by atoms with Crippen molar-refractivity contribution in [3.8, 4) is 0 Å². The van der Waals surface area contributed by atoms with Crippen LogP contribution in [0, 0.1) is 0 Å². The molecule has 1 aliphatic heterocycles. The maximum atomic E-state index is 12.4. The SMILES string of the molecule is COC1CN(C(=O)CNC(=O)/C=C/c2ccc(C(F)(F)F)cc2)C1. The van der Waals surface area contributed by atoms with Gasteiger partial charge >= 0.3 is 6.18 Å². The highest BCUT2D eigenvalue weighted by Gasteiger charge is 2.30. The van der Waals surface area contributed by atoms with Crippen LogP contribution in [0.3, 0.4) is 0 Å². The third kappa shape index (κ3) is 4.82. The quantitative estimate of drug-likeness (QED) is 0.829. The van der Waals surface area contributed by atoms with Gasteiger partial charge in [-0.1, -0.05) is 12.1 Å². The number of halogens is 3. The Labute approximate surface area is 137 Å². The third-order valence-electron chi connectivity index (χ3n) is 3.61. The van der Waals surface area contributed by atoms with Gasteiger partial charge < -0.3 is 15.0 Å². The molecule has 0 unspecified atom stereocenters. The van der Waals surface area contributed by atoms with Crippen molar-refractivity contribution >= 4 is 17.9 Å². The highest BCUT2D eigenvalue weighted by atomic mass is 19.4. The summed E-state index contributed by atoms with van der Waals surface area (Å²) >= 11 is 0. The van der Waals surface area contributed by atoms with Crippen molar-refractivity contribution in [2.45, 2.75) is 12.3 Å². The Morgan fingerprint density at radius 2 is 1.92 bits per heavy atom. The Kier molecular flexibility index (Phi) is 5.61. The number of alkyl halides is 3. The Morgan fingerprint density at radius 3 is 2.46 bits per heavy atom. The van der Waals surface area contributed by atoms with E-state index < -0.39 is 17.6 Å². The molecule has 1 N–H and O–H groups in total. The van der Waals surface area contributed by atoms with E-state index in [1.165, 1.54) is 24.3 Å². The molecule has 2 amide bonds. The second-order valence-corrected chi connectivity index (χ2v) is 5.33. The fraction of sp³-hybridized carbons (Fsp3) is 0.375. The lowest BCUT2D eigenvalue weighted by Gasteiger charge is -2.38. The van der Waals surface area contributed by atoms with E-state index in [1.54, 1.807) is 12.0 Å². The molecule has 130 valence electrons. The van der Waals surface area contributed by atoms with E-state index in [1.807, 2.05) is 0 Å². The molecule has 0 aromatic heterocycles. The van der Waals surface area contributed by atoms with Gasteiger partial charge in [0, 0.05) is 26.3 Å². The zero-order valence-corrected chi connectivity index (χ0v) is 13.0. The molecule has 0 radical (unpaired) electrons. The van der Waals surface area contributed by atoms with E-state index in [4.69, 9.17) is 4.74 Å². The smallest absolute Gasteiger partial charge is 0.378 e. The lowest BCUT2D eigenvalue weighted by Crippen LogP contribution is -2.56. The molecule has 1 aliphatic rings. The topological polar surface area (TPSA) is 58.6 Å². The summed E-state index contributed by atoms with van der Waals surface area (Å²) < 4.78 is 42.3. The lowest BCUT2D eigenvalue weighted by molar-refractivity contribution is -0.142. The van der Waals surface area contributed by atoms with Crippen LogP contribution in [-0.2, 0) is 20.5 Å². The van der Waals surface area contributed by atoms with Gasteiger partial charge in [-0.2, -0.15) is 13.2 Å². The number of rotatable bonds is 5. The minimum atomic E-state index is -4.39. The second kappa shape index (κ2) is 7.48. The molecule has 0 atom stereocenters. The van der Waals surface area contributed by atoms with Gasteiger partial charge in [0.15, 0.2) is 0 Å². The molecule has 0 bridgehead atoms. The number of likely N-dealkylation sites (tertiary alicyclic amines) is 1. The molecule has 5 nitrogen and oxygen atoms in total. The Morgan fingerprint density at radius 1 is 1.29 bits per heavy atom. The molecule has 1 aromatic rings. The van der Waals surface area contributed by atoms with Crippen LogP contribution in [0.15, 0.2) is 30.3 Å². The van der Waals surface area contributed by atoms with Crippen LogP contribution in [-0.4, -0.2) is 49.6 Å². The van der Waals surface area contributed by atoms with Gasteiger partial charge in [-0.25, -0.2) is 0 Å². The van der Waals surface area contributed by atoms with Crippen molar-refractivity contribution < 1.29 is 27.5 Å². The Hall–Kier alpha value is -2.35. The number of hydrogen-bond donors (Lipinski definition) is 1. The van der Waals surface area contributed by atoms with E-state index >= 15 is 0 Å². The molecule has 1 aromatic carbocycles. The normalized spacial score (nSPS) is 15.4. The molecular formula is C16H17F3N2O3. The van der Waals surface area contributed by atoms with Crippen molar-refractivity contribution in [1.82, 2.24) is 10.2 Å². The predicted molar refractivity (Wildman–Crippen MR) is 80.9 cm³/mol. The summed E-state index contributed by atoms with van der Waals surface area (Å²) in [7, 11) is 1.57. The fourth-order valence-corrected chi connectivity index (χ4v) is 2.08. The molecule has 0 saturated carbocycles. The molecule has 24 heavy (non-hydrogen) atoms. The average molecular weight is 342 g/mol. The number of carbonyl (C=O) groups excluding carboxylic acids is 2. The summed E-state index contributed by atoms with van der Waals surface area (Å²) in [6.45, 7) is 0.881. The first-order valence-corrected chi connectivity index (χ1v) is 7.23. The summed E-state index contributed by atoms with van der Waals surface area (Å²) in [6.07, 6.45) is -1.79. The van der Waals surface area contributed by atoms with Crippen molar-refractivity contribution in [2.24, 2.45) is 0 Å². The molecule has 2 rings (SSSR count). The standard InChI is InChI=1S/C16H17F3N2O3/c1-24-13-9-21(10-13)15(23)8-20-14(22)7-4-11-2-5-12(6-3-11)16(17,18)19/h2-7,13H,8-10H2,1H3,(H,20,22)/b7-4+. The Balaban J connectivity index is 1.77. The van der Waals surface area contributed by atoms with E-state index in [9.17, 15) is 22.8 Å².